The molecule has 2 saturated heterocycles. The molecule has 2 heterocycles. The van der Waals surface area contributed by atoms with E-state index >= 15 is 0 Å². The van der Waals surface area contributed by atoms with Crippen LogP contribution in [0.5, 0.6) is 0 Å². The Bertz CT molecular complexity index is 874. The maximum Gasteiger partial charge on any atom is 0.249 e. The summed E-state index contributed by atoms with van der Waals surface area (Å²) in [6.45, 7) is 12.7. The normalized spacial score (nSPS) is 20.4. The molecule has 1 unspecified atom stereocenters. The Morgan fingerprint density at radius 2 is 1.31 bits per heavy atom. The number of carbonyl (C=O) groups is 3. The summed E-state index contributed by atoms with van der Waals surface area (Å²) in [6, 6.07) is 0. The van der Waals surface area contributed by atoms with Crippen molar-refractivity contribution in [2.75, 3.05) is 39.3 Å². The highest BCUT2D eigenvalue weighted by atomic mass is 16.7. The number of ether oxygens (including phenoxy) is 2. The van der Waals surface area contributed by atoms with Crippen molar-refractivity contribution in [3.63, 3.8) is 0 Å². The molecule has 0 radical (unpaired) electrons. The number of unbranched alkanes of at least 4 members (excludes halogenated alkanes) is 8. The minimum Gasteiger partial charge on any atom is -0.353 e. The molecule has 2 rings (SSSR count). The molecule has 8 heteroatoms. The highest BCUT2D eigenvalue weighted by Crippen LogP contribution is 2.34. The summed E-state index contributed by atoms with van der Waals surface area (Å²) in [4.78, 5) is 41.8. The Labute approximate surface area is 255 Å². The predicted molar refractivity (Wildman–Crippen MR) is 169 cm³/mol. The van der Waals surface area contributed by atoms with E-state index in [0.717, 1.165) is 25.7 Å². The van der Waals surface area contributed by atoms with Gasteiger partial charge in [-0.2, -0.15) is 0 Å². The Hall–Kier alpha value is -2.19. The molecule has 8 nitrogen and oxygen atoms in total. The van der Waals surface area contributed by atoms with Crippen molar-refractivity contribution in [1.29, 1.82) is 0 Å². The van der Waals surface area contributed by atoms with Crippen LogP contribution in [0.2, 0.25) is 0 Å². The fourth-order valence-corrected chi connectivity index (χ4v) is 5.32. The van der Waals surface area contributed by atoms with Gasteiger partial charge in [-0.15, -0.1) is 0 Å². The quantitative estimate of drug-likeness (QED) is 0.153. The van der Waals surface area contributed by atoms with E-state index in [9.17, 15) is 14.4 Å². The van der Waals surface area contributed by atoms with Crippen LogP contribution in [0.4, 0.5) is 0 Å². The molecule has 2 aliphatic rings. The van der Waals surface area contributed by atoms with Crippen LogP contribution in [0, 0.1) is 5.41 Å². The maximum absolute atomic E-state index is 12.8. The summed E-state index contributed by atoms with van der Waals surface area (Å²) in [5, 5.41) is 2.87. The number of nitrogens with one attached hydrogen (secondary N) is 1. The van der Waals surface area contributed by atoms with Crippen molar-refractivity contribution in [2.24, 2.45) is 5.41 Å². The van der Waals surface area contributed by atoms with Crippen LogP contribution in [0.15, 0.2) is 24.3 Å². The van der Waals surface area contributed by atoms with Gasteiger partial charge in [0.2, 0.25) is 17.7 Å². The Balaban J connectivity index is 1.50. The van der Waals surface area contributed by atoms with Gasteiger partial charge < -0.3 is 24.6 Å². The van der Waals surface area contributed by atoms with Crippen molar-refractivity contribution in [1.82, 2.24) is 15.1 Å². The van der Waals surface area contributed by atoms with Gasteiger partial charge in [-0.25, -0.2) is 0 Å². The Morgan fingerprint density at radius 3 is 1.93 bits per heavy atom. The summed E-state index contributed by atoms with van der Waals surface area (Å²) >= 11 is 0. The van der Waals surface area contributed by atoms with Crippen LogP contribution < -0.4 is 5.32 Å². The van der Waals surface area contributed by atoms with E-state index in [0.29, 0.717) is 39.2 Å². The van der Waals surface area contributed by atoms with Gasteiger partial charge >= 0.3 is 0 Å². The molecule has 42 heavy (non-hydrogen) atoms. The highest BCUT2D eigenvalue weighted by molar-refractivity contribution is 5.83. The van der Waals surface area contributed by atoms with Gasteiger partial charge in [0, 0.05) is 51.0 Å². The molecule has 0 aromatic heterocycles. The molecule has 1 N–H and O–H groups in total. The SMILES string of the molecule is CCCCC/C=C\C/C=C\CCCCCCCC(=O)N1CCN(C(=O)CCNC(=O)C2OC(C)(C)OCC2(C)C)CC1. The average molecular weight is 590 g/mol. The zero-order valence-corrected chi connectivity index (χ0v) is 27.3. The minimum atomic E-state index is -0.813. The monoisotopic (exact) mass is 589 g/mol. The second-order valence-electron chi connectivity index (χ2n) is 13.0. The Kier molecular flexibility index (Phi) is 16.4. The van der Waals surface area contributed by atoms with Gasteiger partial charge in [0.25, 0.3) is 0 Å². The lowest BCUT2D eigenvalue weighted by molar-refractivity contribution is -0.304. The maximum atomic E-state index is 12.8. The van der Waals surface area contributed by atoms with Crippen molar-refractivity contribution < 1.29 is 23.9 Å². The van der Waals surface area contributed by atoms with Crippen LogP contribution in [0.3, 0.4) is 0 Å². The van der Waals surface area contributed by atoms with E-state index in [1.54, 1.807) is 18.7 Å². The molecule has 0 bridgehead atoms. The average Bonchev–Trinajstić information content (AvgIpc) is 2.96. The van der Waals surface area contributed by atoms with Gasteiger partial charge in [0.05, 0.1) is 6.61 Å². The van der Waals surface area contributed by atoms with Gasteiger partial charge in [0.15, 0.2) is 5.79 Å². The first-order valence-corrected chi connectivity index (χ1v) is 16.5. The molecule has 2 fully saturated rings. The van der Waals surface area contributed by atoms with Gasteiger partial charge in [-0.3, -0.25) is 14.4 Å². The third kappa shape index (κ3) is 13.9. The predicted octanol–water partition coefficient (Wildman–Crippen LogP) is 6.15. The molecule has 0 aliphatic carbocycles. The number of hydrogen-bond acceptors (Lipinski definition) is 5. The van der Waals surface area contributed by atoms with Crippen molar-refractivity contribution in [3.8, 4) is 0 Å². The van der Waals surface area contributed by atoms with E-state index in [1.807, 2.05) is 18.7 Å². The fourth-order valence-electron chi connectivity index (χ4n) is 5.32. The zero-order chi connectivity index (χ0) is 30.8. The second-order valence-corrected chi connectivity index (χ2v) is 13.0. The third-order valence-electron chi connectivity index (χ3n) is 8.11. The number of hydrogen-bond donors (Lipinski definition) is 1. The first-order chi connectivity index (χ1) is 20.1. The van der Waals surface area contributed by atoms with E-state index in [4.69, 9.17) is 9.47 Å². The molecule has 240 valence electrons. The number of nitrogens with zero attached hydrogens (tertiary/aromatic N) is 2. The summed E-state index contributed by atoms with van der Waals surface area (Å²) in [5.74, 6) is -0.828. The minimum absolute atomic E-state index is 0.00334. The number of carbonyl (C=O) groups excluding carboxylic acids is 3. The van der Waals surface area contributed by atoms with Crippen LogP contribution >= 0.6 is 0 Å². The first kappa shape index (κ1) is 36.0. The van der Waals surface area contributed by atoms with Gasteiger partial charge in [-0.05, 0) is 52.4 Å². The molecular weight excluding hydrogens is 530 g/mol. The lowest BCUT2D eigenvalue weighted by atomic mass is 9.85. The standard InChI is InChI=1S/C34H59N3O5/c1-6-7-8-9-10-11-12-13-14-15-16-17-18-19-20-21-29(38)36-24-26-37(27-25-36)30(39)22-23-35-32(40)31-33(2,3)28-41-34(4,5)42-31/h10-11,13-14,31H,6-9,12,15-28H2,1-5H3,(H,35,40)/b11-10-,14-13-. The summed E-state index contributed by atoms with van der Waals surface area (Å²) in [7, 11) is 0. The second kappa shape index (κ2) is 19.2. The van der Waals surface area contributed by atoms with Gasteiger partial charge in [0.1, 0.15) is 6.10 Å². The van der Waals surface area contributed by atoms with Crippen LogP contribution in [0.25, 0.3) is 0 Å². The molecule has 0 aromatic carbocycles. The van der Waals surface area contributed by atoms with Crippen molar-refractivity contribution in [3.05, 3.63) is 24.3 Å². The number of rotatable bonds is 18. The largest absolute Gasteiger partial charge is 0.353 e. The van der Waals surface area contributed by atoms with Gasteiger partial charge in [-0.1, -0.05) is 77.2 Å². The topological polar surface area (TPSA) is 88.2 Å². The highest BCUT2D eigenvalue weighted by Gasteiger charge is 2.45. The summed E-state index contributed by atoms with van der Waals surface area (Å²) in [6.07, 6.45) is 22.2. The van der Waals surface area contributed by atoms with Crippen LogP contribution in [-0.2, 0) is 23.9 Å². The molecule has 0 aromatic rings. The smallest absolute Gasteiger partial charge is 0.249 e. The van der Waals surface area contributed by atoms with E-state index in [1.165, 1.54) is 44.9 Å². The third-order valence-corrected chi connectivity index (χ3v) is 8.11. The van der Waals surface area contributed by atoms with Crippen LogP contribution in [0.1, 0.15) is 118 Å². The first-order valence-electron chi connectivity index (χ1n) is 16.5. The molecule has 0 spiro atoms. The number of amides is 3. The van der Waals surface area contributed by atoms with Crippen molar-refractivity contribution >= 4 is 17.7 Å². The lowest BCUT2D eigenvalue weighted by Crippen LogP contribution is -2.56. The fraction of sp³-hybridized carbons (Fsp3) is 0.794. The van der Waals surface area contributed by atoms with Crippen molar-refractivity contribution in [2.45, 2.75) is 130 Å². The molecule has 0 saturated carbocycles. The number of piperazine rings is 1. The molecular formula is C34H59N3O5. The summed E-state index contributed by atoms with van der Waals surface area (Å²) in [5.41, 5.74) is -0.450. The summed E-state index contributed by atoms with van der Waals surface area (Å²) < 4.78 is 11.6. The van der Waals surface area contributed by atoms with E-state index in [-0.39, 0.29) is 30.7 Å². The van der Waals surface area contributed by atoms with Crippen LogP contribution in [-0.4, -0.2) is 78.7 Å². The molecule has 1 atom stereocenters. The zero-order valence-electron chi connectivity index (χ0n) is 27.3. The van der Waals surface area contributed by atoms with E-state index in [2.05, 4.69) is 36.5 Å². The molecule has 3 amide bonds. The Morgan fingerprint density at radius 1 is 0.762 bits per heavy atom. The lowest BCUT2D eigenvalue weighted by Gasteiger charge is -2.44. The number of allylic oxidation sites excluding steroid dienone is 4. The van der Waals surface area contributed by atoms with E-state index < -0.39 is 17.3 Å². The molecule has 2 aliphatic heterocycles.